The summed E-state index contributed by atoms with van der Waals surface area (Å²) in [6.07, 6.45) is 1.91. The Balaban J connectivity index is 1.35. The van der Waals surface area contributed by atoms with Crippen LogP contribution >= 0.6 is 11.6 Å². The Morgan fingerprint density at radius 3 is 2.50 bits per heavy atom. The van der Waals surface area contributed by atoms with Gasteiger partial charge in [-0.05, 0) is 35.9 Å². The van der Waals surface area contributed by atoms with Crippen molar-refractivity contribution in [1.29, 1.82) is 0 Å². The van der Waals surface area contributed by atoms with E-state index in [1.807, 2.05) is 28.0 Å². The fourth-order valence-electron chi connectivity index (χ4n) is 3.24. The molecule has 1 fully saturated rings. The molecule has 3 aromatic rings. The SMILES string of the molecule is O=C(Cc1ccccc1Cl)N1CCN(c2nccc(Oc3ccc(F)cc3)n2)CC1. The highest BCUT2D eigenvalue weighted by atomic mass is 35.5. The number of carbonyl (C=O) groups excluding carboxylic acids is 1. The van der Waals surface area contributed by atoms with Crippen LogP contribution in [0.15, 0.2) is 60.8 Å². The zero-order valence-electron chi connectivity index (χ0n) is 16.2. The third-order valence-electron chi connectivity index (χ3n) is 4.87. The zero-order valence-corrected chi connectivity index (χ0v) is 16.9. The number of hydrogen-bond acceptors (Lipinski definition) is 5. The van der Waals surface area contributed by atoms with Crippen LogP contribution < -0.4 is 9.64 Å². The van der Waals surface area contributed by atoms with E-state index >= 15 is 0 Å². The standard InChI is InChI=1S/C22H20ClFN4O2/c23-19-4-2-1-3-16(19)15-21(29)27-11-13-28(14-12-27)22-25-10-9-20(26-22)30-18-7-5-17(24)6-8-18/h1-10H,11-15H2. The van der Waals surface area contributed by atoms with Crippen molar-refractivity contribution in [3.05, 3.63) is 77.2 Å². The maximum absolute atomic E-state index is 13.0. The fraction of sp³-hybridized carbons (Fsp3) is 0.227. The van der Waals surface area contributed by atoms with E-state index in [1.165, 1.54) is 12.1 Å². The molecule has 1 saturated heterocycles. The third-order valence-corrected chi connectivity index (χ3v) is 5.24. The van der Waals surface area contributed by atoms with Crippen LogP contribution in [0.2, 0.25) is 5.02 Å². The largest absolute Gasteiger partial charge is 0.439 e. The van der Waals surface area contributed by atoms with Crippen LogP contribution in [0.5, 0.6) is 11.6 Å². The minimum Gasteiger partial charge on any atom is -0.439 e. The van der Waals surface area contributed by atoms with Crippen molar-refractivity contribution in [3.63, 3.8) is 0 Å². The molecule has 1 aromatic heterocycles. The molecule has 30 heavy (non-hydrogen) atoms. The van der Waals surface area contributed by atoms with Gasteiger partial charge in [0.1, 0.15) is 11.6 Å². The van der Waals surface area contributed by atoms with Crippen LogP contribution in [0, 0.1) is 5.82 Å². The van der Waals surface area contributed by atoms with Gasteiger partial charge >= 0.3 is 0 Å². The van der Waals surface area contributed by atoms with Gasteiger partial charge in [0.25, 0.3) is 0 Å². The lowest BCUT2D eigenvalue weighted by molar-refractivity contribution is -0.130. The van der Waals surface area contributed by atoms with E-state index in [4.69, 9.17) is 16.3 Å². The number of anilines is 1. The van der Waals surface area contributed by atoms with Gasteiger partial charge in [0.15, 0.2) is 0 Å². The quantitative estimate of drug-likeness (QED) is 0.618. The molecular formula is C22H20ClFN4O2. The number of nitrogens with zero attached hydrogens (tertiary/aromatic N) is 4. The average Bonchev–Trinajstić information content (AvgIpc) is 2.77. The molecule has 154 valence electrons. The van der Waals surface area contributed by atoms with Crippen molar-refractivity contribution in [1.82, 2.24) is 14.9 Å². The Labute approximate surface area is 178 Å². The Morgan fingerprint density at radius 1 is 1.03 bits per heavy atom. The molecule has 0 aliphatic carbocycles. The predicted molar refractivity (Wildman–Crippen MR) is 112 cm³/mol. The van der Waals surface area contributed by atoms with E-state index in [1.54, 1.807) is 30.5 Å². The highest BCUT2D eigenvalue weighted by molar-refractivity contribution is 6.31. The van der Waals surface area contributed by atoms with Crippen molar-refractivity contribution in [2.24, 2.45) is 0 Å². The summed E-state index contributed by atoms with van der Waals surface area (Å²) < 4.78 is 18.7. The van der Waals surface area contributed by atoms with Gasteiger partial charge in [-0.3, -0.25) is 4.79 Å². The molecule has 1 aliphatic rings. The number of carbonyl (C=O) groups is 1. The number of aromatic nitrogens is 2. The molecule has 2 aromatic carbocycles. The van der Waals surface area contributed by atoms with Crippen molar-refractivity contribution < 1.29 is 13.9 Å². The summed E-state index contributed by atoms with van der Waals surface area (Å²) in [5.74, 6) is 1.14. The Hall–Kier alpha value is -3.19. The molecule has 0 spiro atoms. The average molecular weight is 427 g/mol. The Morgan fingerprint density at radius 2 is 1.77 bits per heavy atom. The highest BCUT2D eigenvalue weighted by Crippen LogP contribution is 2.22. The van der Waals surface area contributed by atoms with Gasteiger partial charge in [-0.25, -0.2) is 9.37 Å². The first-order chi connectivity index (χ1) is 14.6. The van der Waals surface area contributed by atoms with E-state index in [2.05, 4.69) is 9.97 Å². The number of halogens is 2. The van der Waals surface area contributed by atoms with Crippen LogP contribution in [0.25, 0.3) is 0 Å². The molecule has 0 bridgehead atoms. The molecule has 8 heteroatoms. The van der Waals surface area contributed by atoms with Gasteiger partial charge < -0.3 is 14.5 Å². The number of hydrogen-bond donors (Lipinski definition) is 0. The number of rotatable bonds is 5. The molecule has 4 rings (SSSR count). The van der Waals surface area contributed by atoms with Crippen LogP contribution in [0.4, 0.5) is 10.3 Å². The number of amides is 1. The lowest BCUT2D eigenvalue weighted by atomic mass is 10.1. The van der Waals surface area contributed by atoms with Crippen molar-refractivity contribution >= 4 is 23.5 Å². The fourth-order valence-corrected chi connectivity index (χ4v) is 3.44. The van der Waals surface area contributed by atoms with Crippen LogP contribution in [-0.4, -0.2) is 47.0 Å². The highest BCUT2D eigenvalue weighted by Gasteiger charge is 2.23. The smallest absolute Gasteiger partial charge is 0.228 e. The summed E-state index contributed by atoms with van der Waals surface area (Å²) in [7, 11) is 0. The Bertz CT molecular complexity index is 1020. The summed E-state index contributed by atoms with van der Waals surface area (Å²) in [5.41, 5.74) is 0.834. The van der Waals surface area contributed by atoms with Gasteiger partial charge in [0.05, 0.1) is 6.42 Å². The second-order valence-electron chi connectivity index (χ2n) is 6.89. The molecule has 0 saturated carbocycles. The van der Waals surface area contributed by atoms with E-state index in [0.717, 1.165) is 5.56 Å². The summed E-state index contributed by atoms with van der Waals surface area (Å²) in [5, 5.41) is 0.607. The zero-order chi connectivity index (χ0) is 20.9. The molecule has 1 aliphatic heterocycles. The second kappa shape index (κ2) is 9.09. The minimum absolute atomic E-state index is 0.0528. The normalized spacial score (nSPS) is 13.9. The van der Waals surface area contributed by atoms with E-state index in [-0.39, 0.29) is 18.1 Å². The molecular weight excluding hydrogens is 407 g/mol. The maximum Gasteiger partial charge on any atom is 0.228 e. The van der Waals surface area contributed by atoms with E-state index in [9.17, 15) is 9.18 Å². The maximum atomic E-state index is 13.0. The first-order valence-electron chi connectivity index (χ1n) is 9.61. The number of benzene rings is 2. The second-order valence-corrected chi connectivity index (χ2v) is 7.29. The molecule has 0 atom stereocenters. The monoisotopic (exact) mass is 426 g/mol. The predicted octanol–water partition coefficient (Wildman–Crippen LogP) is 3.95. The van der Waals surface area contributed by atoms with Crippen molar-refractivity contribution in [2.75, 3.05) is 31.1 Å². The number of ether oxygens (including phenoxy) is 1. The first kappa shape index (κ1) is 20.1. The Kier molecular flexibility index (Phi) is 6.09. The van der Waals surface area contributed by atoms with Crippen molar-refractivity contribution in [2.45, 2.75) is 6.42 Å². The van der Waals surface area contributed by atoms with Crippen LogP contribution in [0.3, 0.4) is 0 Å². The van der Waals surface area contributed by atoms with Crippen LogP contribution in [0.1, 0.15) is 5.56 Å². The molecule has 0 N–H and O–H groups in total. The van der Waals surface area contributed by atoms with Gasteiger partial charge in [-0.1, -0.05) is 29.8 Å². The molecule has 0 radical (unpaired) electrons. The molecule has 6 nitrogen and oxygen atoms in total. The summed E-state index contributed by atoms with van der Waals surface area (Å²) in [6.45, 7) is 2.40. The summed E-state index contributed by atoms with van der Waals surface area (Å²) in [6, 6.07) is 14.8. The first-order valence-corrected chi connectivity index (χ1v) is 9.99. The number of piperazine rings is 1. The molecule has 0 unspecified atom stereocenters. The van der Waals surface area contributed by atoms with Crippen molar-refractivity contribution in [3.8, 4) is 11.6 Å². The minimum atomic E-state index is -0.326. The summed E-state index contributed by atoms with van der Waals surface area (Å²) >= 11 is 6.17. The van der Waals surface area contributed by atoms with Gasteiger partial charge in [-0.15, -0.1) is 0 Å². The molecule has 1 amide bonds. The van der Waals surface area contributed by atoms with Gasteiger partial charge in [-0.2, -0.15) is 4.98 Å². The lowest BCUT2D eigenvalue weighted by Crippen LogP contribution is -2.49. The topological polar surface area (TPSA) is 58.6 Å². The van der Waals surface area contributed by atoms with E-state index < -0.39 is 0 Å². The van der Waals surface area contributed by atoms with Gasteiger partial charge in [0, 0.05) is 43.5 Å². The van der Waals surface area contributed by atoms with Crippen LogP contribution in [-0.2, 0) is 11.2 Å². The summed E-state index contributed by atoms with van der Waals surface area (Å²) in [4.78, 5) is 25.2. The van der Waals surface area contributed by atoms with Gasteiger partial charge in [0.2, 0.25) is 17.7 Å². The lowest BCUT2D eigenvalue weighted by Gasteiger charge is -2.34. The molecule has 2 heterocycles. The third kappa shape index (κ3) is 4.86. The van der Waals surface area contributed by atoms with E-state index in [0.29, 0.717) is 48.8 Å².